The van der Waals surface area contributed by atoms with E-state index in [1.807, 2.05) is 36.4 Å². The maximum atomic E-state index is 13.3. The van der Waals surface area contributed by atoms with Crippen LogP contribution in [0.4, 0.5) is 11.4 Å². The Balaban J connectivity index is 1.61. The van der Waals surface area contributed by atoms with Gasteiger partial charge in [-0.25, -0.2) is 4.90 Å². The molecule has 1 heterocycles. The van der Waals surface area contributed by atoms with E-state index in [0.717, 1.165) is 20.1 Å². The Bertz CT molecular complexity index is 1420. The summed E-state index contributed by atoms with van der Waals surface area (Å²) in [5, 5.41) is 13.8. The van der Waals surface area contributed by atoms with E-state index in [2.05, 4.69) is 5.32 Å². The highest BCUT2D eigenvalue weighted by molar-refractivity contribution is 7.99. The van der Waals surface area contributed by atoms with Crippen LogP contribution in [0.5, 0.6) is 5.75 Å². The minimum Gasteiger partial charge on any atom is -0.508 e. The van der Waals surface area contributed by atoms with Crippen LogP contribution in [0.2, 0.25) is 0 Å². The van der Waals surface area contributed by atoms with E-state index in [1.165, 1.54) is 30.8 Å². The third-order valence-electron chi connectivity index (χ3n) is 5.39. The molecule has 0 aromatic heterocycles. The molecule has 6 nitrogen and oxygen atoms in total. The molecular formula is C26H18N2O4S. The van der Waals surface area contributed by atoms with E-state index >= 15 is 0 Å². The van der Waals surface area contributed by atoms with E-state index < -0.39 is 11.8 Å². The summed E-state index contributed by atoms with van der Waals surface area (Å²) in [5.74, 6) is -0.931. The molecule has 0 atom stereocenters. The summed E-state index contributed by atoms with van der Waals surface area (Å²) in [5.41, 5.74) is 1.97. The zero-order valence-corrected chi connectivity index (χ0v) is 18.3. The van der Waals surface area contributed by atoms with Gasteiger partial charge in [0.05, 0.1) is 11.4 Å². The molecule has 162 valence electrons. The van der Waals surface area contributed by atoms with Crippen LogP contribution < -0.4 is 10.2 Å². The Hall–Kier alpha value is -4.10. The number of nitrogens with zero attached hydrogens (tertiary/aromatic N) is 1. The molecule has 4 aromatic rings. The van der Waals surface area contributed by atoms with Gasteiger partial charge in [0.15, 0.2) is 0 Å². The second-order valence-corrected chi connectivity index (χ2v) is 8.66. The number of rotatable bonds is 4. The molecule has 0 saturated carbocycles. The van der Waals surface area contributed by atoms with Crippen LogP contribution in [0.25, 0.3) is 10.8 Å². The fourth-order valence-electron chi connectivity index (χ4n) is 3.96. The number of phenols is 1. The fraction of sp³-hybridized carbons (Fsp3) is 0.0385. The number of carbonyl (C=O) groups excluding carboxylic acids is 3. The minimum absolute atomic E-state index is 0.0550. The Morgan fingerprint density at radius 3 is 2.24 bits per heavy atom. The van der Waals surface area contributed by atoms with Crippen molar-refractivity contribution in [2.75, 3.05) is 10.2 Å². The lowest BCUT2D eigenvalue weighted by Gasteiger charge is -2.27. The molecule has 0 saturated heterocycles. The summed E-state index contributed by atoms with van der Waals surface area (Å²) < 4.78 is 0. The first kappa shape index (κ1) is 20.8. The van der Waals surface area contributed by atoms with Crippen molar-refractivity contribution in [1.82, 2.24) is 0 Å². The number of phenolic OH excluding ortho intramolecular Hbond substituents is 1. The summed E-state index contributed by atoms with van der Waals surface area (Å²) in [6.45, 7) is 1.46. The lowest BCUT2D eigenvalue weighted by molar-refractivity contribution is -0.114. The van der Waals surface area contributed by atoms with Gasteiger partial charge in [0.1, 0.15) is 5.75 Å². The lowest BCUT2D eigenvalue weighted by Crippen LogP contribution is -2.40. The SMILES string of the molecule is CC(=O)Nc1ccccc1Sc1ccc2c3c(cccc13)C(=O)N(c1ccc(O)cc1)C2=O. The summed E-state index contributed by atoms with van der Waals surface area (Å²) in [4.78, 5) is 41.1. The summed E-state index contributed by atoms with van der Waals surface area (Å²) in [7, 11) is 0. The average molecular weight is 455 g/mol. The molecule has 0 fully saturated rings. The van der Waals surface area contributed by atoms with Gasteiger partial charge in [-0.05, 0) is 60.0 Å². The fourth-order valence-corrected chi connectivity index (χ4v) is 4.99. The van der Waals surface area contributed by atoms with Gasteiger partial charge >= 0.3 is 0 Å². The van der Waals surface area contributed by atoms with Crippen molar-refractivity contribution in [3.05, 3.63) is 90.0 Å². The Kier molecular flexibility index (Phi) is 5.11. The topological polar surface area (TPSA) is 86.7 Å². The monoisotopic (exact) mass is 454 g/mol. The molecule has 7 heteroatoms. The predicted octanol–water partition coefficient (Wildman–Crippen LogP) is 5.46. The number of amides is 3. The van der Waals surface area contributed by atoms with Gasteiger partial charge in [-0.3, -0.25) is 14.4 Å². The first-order valence-corrected chi connectivity index (χ1v) is 11.0. The van der Waals surface area contributed by atoms with Crippen LogP contribution in [0.3, 0.4) is 0 Å². The highest BCUT2D eigenvalue weighted by Crippen LogP contribution is 2.41. The maximum absolute atomic E-state index is 13.3. The minimum atomic E-state index is -0.412. The predicted molar refractivity (Wildman–Crippen MR) is 128 cm³/mol. The van der Waals surface area contributed by atoms with Gasteiger partial charge in [-0.2, -0.15) is 0 Å². The first-order valence-electron chi connectivity index (χ1n) is 10.2. The zero-order chi connectivity index (χ0) is 23.1. The third-order valence-corrected chi connectivity index (χ3v) is 6.55. The number of imide groups is 1. The highest BCUT2D eigenvalue weighted by atomic mass is 32.2. The Labute approximate surface area is 193 Å². The van der Waals surface area contributed by atoms with Gasteiger partial charge in [-0.1, -0.05) is 36.0 Å². The molecule has 1 aliphatic heterocycles. The third kappa shape index (κ3) is 3.62. The van der Waals surface area contributed by atoms with Crippen LogP contribution in [0, 0.1) is 0 Å². The van der Waals surface area contributed by atoms with Crippen LogP contribution in [-0.2, 0) is 4.79 Å². The molecule has 1 aliphatic rings. The normalized spacial score (nSPS) is 12.8. The van der Waals surface area contributed by atoms with Crippen molar-refractivity contribution in [2.45, 2.75) is 16.7 Å². The second-order valence-electron chi connectivity index (χ2n) is 7.58. The van der Waals surface area contributed by atoms with E-state index in [0.29, 0.717) is 27.9 Å². The number of benzene rings is 4. The molecule has 0 spiro atoms. The number of aromatic hydroxyl groups is 1. The maximum Gasteiger partial charge on any atom is 0.265 e. The van der Waals surface area contributed by atoms with Crippen molar-refractivity contribution in [2.24, 2.45) is 0 Å². The number of anilines is 2. The molecule has 0 bridgehead atoms. The highest BCUT2D eigenvalue weighted by Gasteiger charge is 2.34. The first-order chi connectivity index (χ1) is 15.9. The van der Waals surface area contributed by atoms with Crippen LogP contribution in [0.1, 0.15) is 27.6 Å². The van der Waals surface area contributed by atoms with E-state index in [1.54, 1.807) is 30.3 Å². The molecule has 0 aliphatic carbocycles. The van der Waals surface area contributed by atoms with Gasteiger partial charge in [0.25, 0.3) is 11.8 Å². The number of carbonyl (C=O) groups is 3. The van der Waals surface area contributed by atoms with Crippen molar-refractivity contribution in [3.8, 4) is 5.75 Å². The van der Waals surface area contributed by atoms with Crippen LogP contribution in [0.15, 0.2) is 88.7 Å². The van der Waals surface area contributed by atoms with Crippen molar-refractivity contribution >= 4 is 51.6 Å². The lowest BCUT2D eigenvalue weighted by atomic mass is 9.93. The number of hydrogen-bond acceptors (Lipinski definition) is 5. The van der Waals surface area contributed by atoms with E-state index in [4.69, 9.17) is 0 Å². The molecule has 2 N–H and O–H groups in total. The average Bonchev–Trinajstić information content (AvgIpc) is 2.80. The molecular weight excluding hydrogens is 436 g/mol. The number of nitrogens with one attached hydrogen (secondary N) is 1. The molecule has 0 radical (unpaired) electrons. The Morgan fingerprint density at radius 1 is 0.818 bits per heavy atom. The van der Waals surface area contributed by atoms with Crippen LogP contribution >= 0.6 is 11.8 Å². The van der Waals surface area contributed by atoms with E-state index in [9.17, 15) is 19.5 Å². The summed E-state index contributed by atoms with van der Waals surface area (Å²) in [6, 6.07) is 22.4. The largest absolute Gasteiger partial charge is 0.508 e. The molecule has 5 rings (SSSR count). The van der Waals surface area contributed by atoms with E-state index in [-0.39, 0.29) is 11.7 Å². The number of para-hydroxylation sites is 1. The summed E-state index contributed by atoms with van der Waals surface area (Å²) in [6.07, 6.45) is 0. The van der Waals surface area contributed by atoms with Crippen molar-refractivity contribution in [1.29, 1.82) is 0 Å². The molecule has 33 heavy (non-hydrogen) atoms. The molecule has 4 aromatic carbocycles. The Morgan fingerprint density at radius 2 is 1.52 bits per heavy atom. The van der Waals surface area contributed by atoms with Crippen LogP contribution in [-0.4, -0.2) is 22.8 Å². The molecule has 0 unspecified atom stereocenters. The number of hydrogen-bond donors (Lipinski definition) is 2. The zero-order valence-electron chi connectivity index (χ0n) is 17.5. The second kappa shape index (κ2) is 8.11. The molecule has 3 amide bonds. The van der Waals surface area contributed by atoms with Gasteiger partial charge in [0.2, 0.25) is 5.91 Å². The van der Waals surface area contributed by atoms with Crippen molar-refractivity contribution in [3.63, 3.8) is 0 Å². The van der Waals surface area contributed by atoms with Gasteiger partial charge < -0.3 is 10.4 Å². The van der Waals surface area contributed by atoms with Gasteiger partial charge in [-0.15, -0.1) is 0 Å². The summed E-state index contributed by atoms with van der Waals surface area (Å²) >= 11 is 1.46. The standard InChI is InChI=1S/C26H18N2O4S/c1-15(29)27-21-7-2-3-8-23(21)33-22-14-13-20-24-18(22)5-4-6-19(24)25(31)28(26(20)32)16-9-11-17(30)12-10-16/h2-14,30H,1H3,(H,27,29). The quantitative estimate of drug-likeness (QED) is 0.400. The van der Waals surface area contributed by atoms with Crippen molar-refractivity contribution < 1.29 is 19.5 Å². The van der Waals surface area contributed by atoms with Gasteiger partial charge in [0, 0.05) is 33.2 Å². The smallest absolute Gasteiger partial charge is 0.265 e.